The van der Waals surface area contributed by atoms with Crippen LogP contribution in [0.5, 0.6) is 5.75 Å². The van der Waals surface area contributed by atoms with Gasteiger partial charge >= 0.3 is 0 Å². The number of nitrogens with one attached hydrogen (secondary N) is 1. The van der Waals surface area contributed by atoms with Gasteiger partial charge in [0.05, 0.1) is 0 Å². The van der Waals surface area contributed by atoms with Crippen molar-refractivity contribution in [1.29, 1.82) is 0 Å². The van der Waals surface area contributed by atoms with E-state index in [9.17, 15) is 0 Å². The van der Waals surface area contributed by atoms with Gasteiger partial charge in [0.2, 0.25) is 0 Å². The summed E-state index contributed by atoms with van der Waals surface area (Å²) in [7, 11) is 1.63. The number of benzene rings is 1. The van der Waals surface area contributed by atoms with Gasteiger partial charge in [0.15, 0.2) is 6.79 Å². The number of hydrogen-bond acceptors (Lipinski definition) is 3. The third kappa shape index (κ3) is 3.47. The van der Waals surface area contributed by atoms with Crippen LogP contribution in [0.3, 0.4) is 0 Å². The summed E-state index contributed by atoms with van der Waals surface area (Å²) in [6.45, 7) is 1.14. The number of halogens is 1. The lowest BCUT2D eigenvalue weighted by Crippen LogP contribution is -2.16. The molecule has 1 aromatic rings. The van der Waals surface area contributed by atoms with Gasteiger partial charge in [-0.2, -0.15) is 0 Å². The SMILES string of the molecule is COCOc1ccc(Br)cc1CNC1CC1. The molecular weight excluding hydrogens is 270 g/mol. The molecule has 4 heteroatoms. The second-order valence-electron chi connectivity index (χ2n) is 3.96. The van der Waals surface area contributed by atoms with E-state index in [0.29, 0.717) is 6.04 Å². The predicted molar refractivity (Wildman–Crippen MR) is 66.5 cm³/mol. The molecule has 0 amide bonds. The largest absolute Gasteiger partial charge is 0.467 e. The van der Waals surface area contributed by atoms with E-state index in [0.717, 1.165) is 16.8 Å². The second kappa shape index (κ2) is 5.66. The van der Waals surface area contributed by atoms with Crippen molar-refractivity contribution in [3.05, 3.63) is 28.2 Å². The fourth-order valence-corrected chi connectivity index (χ4v) is 1.90. The number of ether oxygens (including phenoxy) is 2. The molecule has 0 aromatic heterocycles. The van der Waals surface area contributed by atoms with Crippen LogP contribution in [0.2, 0.25) is 0 Å². The molecule has 88 valence electrons. The first-order chi connectivity index (χ1) is 7.79. The Morgan fingerprint density at radius 2 is 2.25 bits per heavy atom. The van der Waals surface area contributed by atoms with Crippen molar-refractivity contribution >= 4 is 15.9 Å². The van der Waals surface area contributed by atoms with Crippen LogP contribution in [-0.4, -0.2) is 19.9 Å². The minimum Gasteiger partial charge on any atom is -0.467 e. The zero-order valence-electron chi connectivity index (χ0n) is 9.33. The minimum atomic E-state index is 0.290. The summed E-state index contributed by atoms with van der Waals surface area (Å²) < 4.78 is 11.5. The lowest BCUT2D eigenvalue weighted by atomic mass is 10.2. The van der Waals surface area contributed by atoms with Crippen molar-refractivity contribution in [2.45, 2.75) is 25.4 Å². The molecule has 3 nitrogen and oxygen atoms in total. The molecule has 1 aliphatic carbocycles. The molecule has 0 unspecified atom stereocenters. The minimum absolute atomic E-state index is 0.290. The van der Waals surface area contributed by atoms with Crippen LogP contribution in [0.4, 0.5) is 0 Å². The molecule has 0 saturated heterocycles. The molecule has 1 fully saturated rings. The van der Waals surface area contributed by atoms with Crippen LogP contribution in [0.25, 0.3) is 0 Å². The van der Waals surface area contributed by atoms with E-state index < -0.39 is 0 Å². The first kappa shape index (κ1) is 11.9. The van der Waals surface area contributed by atoms with Crippen LogP contribution >= 0.6 is 15.9 Å². The third-order valence-electron chi connectivity index (χ3n) is 2.51. The second-order valence-corrected chi connectivity index (χ2v) is 4.87. The van der Waals surface area contributed by atoms with Gasteiger partial charge in [-0.1, -0.05) is 15.9 Å². The Morgan fingerprint density at radius 1 is 1.44 bits per heavy atom. The highest BCUT2D eigenvalue weighted by molar-refractivity contribution is 9.10. The predicted octanol–water partition coefficient (Wildman–Crippen LogP) is 2.68. The highest BCUT2D eigenvalue weighted by atomic mass is 79.9. The third-order valence-corrected chi connectivity index (χ3v) is 3.01. The van der Waals surface area contributed by atoms with Crippen molar-refractivity contribution < 1.29 is 9.47 Å². The summed E-state index contributed by atoms with van der Waals surface area (Å²) in [5.74, 6) is 0.887. The van der Waals surface area contributed by atoms with Gasteiger partial charge in [0, 0.05) is 29.7 Å². The van der Waals surface area contributed by atoms with E-state index in [4.69, 9.17) is 9.47 Å². The molecule has 1 saturated carbocycles. The maximum atomic E-state index is 5.51. The van der Waals surface area contributed by atoms with Gasteiger partial charge in [-0.3, -0.25) is 0 Å². The van der Waals surface area contributed by atoms with E-state index in [2.05, 4.69) is 27.3 Å². The Labute approximate surface area is 104 Å². The van der Waals surface area contributed by atoms with Crippen LogP contribution < -0.4 is 10.1 Å². The van der Waals surface area contributed by atoms with E-state index in [1.54, 1.807) is 7.11 Å². The average Bonchev–Trinajstić information content (AvgIpc) is 3.09. The van der Waals surface area contributed by atoms with Crippen LogP contribution in [0, 0.1) is 0 Å². The van der Waals surface area contributed by atoms with Crippen molar-refractivity contribution in [2.75, 3.05) is 13.9 Å². The standard InChI is InChI=1S/C12H16BrNO2/c1-15-8-16-12-5-2-10(13)6-9(12)7-14-11-3-4-11/h2,5-6,11,14H,3-4,7-8H2,1H3. The molecule has 0 bridgehead atoms. The van der Waals surface area contributed by atoms with E-state index >= 15 is 0 Å². The molecule has 0 heterocycles. The number of rotatable bonds is 6. The fourth-order valence-electron chi connectivity index (χ4n) is 1.49. The van der Waals surface area contributed by atoms with E-state index in [1.807, 2.05) is 12.1 Å². The van der Waals surface area contributed by atoms with Crippen molar-refractivity contribution in [1.82, 2.24) is 5.32 Å². The quantitative estimate of drug-likeness (QED) is 0.816. The van der Waals surface area contributed by atoms with E-state index in [1.165, 1.54) is 18.4 Å². The molecule has 0 spiro atoms. The Balaban J connectivity index is 2.01. The first-order valence-electron chi connectivity index (χ1n) is 5.43. The molecule has 1 aromatic carbocycles. The average molecular weight is 286 g/mol. The van der Waals surface area contributed by atoms with Gasteiger partial charge < -0.3 is 14.8 Å². The van der Waals surface area contributed by atoms with Crippen LogP contribution in [0.15, 0.2) is 22.7 Å². The molecule has 16 heavy (non-hydrogen) atoms. The topological polar surface area (TPSA) is 30.5 Å². The molecule has 1 N–H and O–H groups in total. The van der Waals surface area contributed by atoms with Crippen LogP contribution in [-0.2, 0) is 11.3 Å². The summed E-state index contributed by atoms with van der Waals surface area (Å²) >= 11 is 3.47. The number of hydrogen-bond donors (Lipinski definition) is 1. The highest BCUT2D eigenvalue weighted by Gasteiger charge is 2.20. The summed E-state index contributed by atoms with van der Waals surface area (Å²) in [4.78, 5) is 0. The molecule has 0 radical (unpaired) electrons. The monoisotopic (exact) mass is 285 g/mol. The normalized spacial score (nSPS) is 15.1. The van der Waals surface area contributed by atoms with Gasteiger partial charge in [0.1, 0.15) is 5.75 Å². The van der Waals surface area contributed by atoms with Crippen LogP contribution in [0.1, 0.15) is 18.4 Å². The van der Waals surface area contributed by atoms with E-state index in [-0.39, 0.29) is 6.79 Å². The number of methoxy groups -OCH3 is 1. The smallest absolute Gasteiger partial charge is 0.188 e. The lowest BCUT2D eigenvalue weighted by Gasteiger charge is -2.11. The Kier molecular flexibility index (Phi) is 4.21. The molecule has 0 aliphatic heterocycles. The lowest BCUT2D eigenvalue weighted by molar-refractivity contribution is 0.0503. The Morgan fingerprint density at radius 3 is 2.94 bits per heavy atom. The zero-order valence-corrected chi connectivity index (χ0v) is 10.9. The van der Waals surface area contributed by atoms with Gasteiger partial charge in [-0.25, -0.2) is 0 Å². The zero-order chi connectivity index (χ0) is 11.4. The Bertz CT molecular complexity index is 353. The molecule has 2 rings (SSSR count). The maximum Gasteiger partial charge on any atom is 0.188 e. The highest BCUT2D eigenvalue weighted by Crippen LogP contribution is 2.25. The molecular formula is C12H16BrNO2. The van der Waals surface area contributed by atoms with Crippen molar-refractivity contribution in [3.8, 4) is 5.75 Å². The summed E-state index contributed by atoms with van der Waals surface area (Å²) in [6, 6.07) is 6.73. The van der Waals surface area contributed by atoms with Gasteiger partial charge in [-0.05, 0) is 31.0 Å². The van der Waals surface area contributed by atoms with Crippen molar-refractivity contribution in [3.63, 3.8) is 0 Å². The summed E-state index contributed by atoms with van der Waals surface area (Å²) in [5, 5.41) is 3.48. The molecule has 0 atom stereocenters. The van der Waals surface area contributed by atoms with Crippen molar-refractivity contribution in [2.24, 2.45) is 0 Å². The first-order valence-corrected chi connectivity index (χ1v) is 6.22. The molecule has 1 aliphatic rings. The van der Waals surface area contributed by atoms with Gasteiger partial charge in [0.25, 0.3) is 0 Å². The fraction of sp³-hybridized carbons (Fsp3) is 0.500. The summed E-state index contributed by atoms with van der Waals surface area (Å²) in [6.07, 6.45) is 2.59. The maximum absolute atomic E-state index is 5.51. The summed E-state index contributed by atoms with van der Waals surface area (Å²) in [5.41, 5.74) is 1.17. The Hall–Kier alpha value is -0.580. The van der Waals surface area contributed by atoms with Gasteiger partial charge in [-0.15, -0.1) is 0 Å².